The summed E-state index contributed by atoms with van der Waals surface area (Å²) in [5.74, 6) is 6.16. The first kappa shape index (κ1) is 21.0. The third-order valence-electron chi connectivity index (χ3n) is 5.97. The van der Waals surface area contributed by atoms with Crippen LogP contribution < -0.4 is 5.32 Å². The van der Waals surface area contributed by atoms with Crippen molar-refractivity contribution in [2.75, 3.05) is 25.0 Å². The average Bonchev–Trinajstić information content (AvgIpc) is 2.77. The summed E-state index contributed by atoms with van der Waals surface area (Å²) in [6.45, 7) is 2.46. The van der Waals surface area contributed by atoms with E-state index >= 15 is 0 Å². The van der Waals surface area contributed by atoms with Crippen LogP contribution >= 0.6 is 0 Å². The van der Waals surface area contributed by atoms with Gasteiger partial charge in [-0.15, -0.1) is 0 Å². The van der Waals surface area contributed by atoms with Crippen molar-refractivity contribution in [2.45, 2.75) is 37.8 Å². The molecule has 2 fully saturated rings. The fourth-order valence-electron chi connectivity index (χ4n) is 4.46. The van der Waals surface area contributed by atoms with Gasteiger partial charge in [0.2, 0.25) is 5.91 Å². The lowest BCUT2D eigenvalue weighted by Gasteiger charge is -2.58. The number of unbranched alkanes of at least 4 members (excludes halogenated alkanes) is 1. The largest absolute Gasteiger partial charge is 0.394 e. The summed E-state index contributed by atoms with van der Waals surface area (Å²) in [5.41, 5.74) is 2.71. The Bertz CT molecular complexity index is 994. The maximum Gasteiger partial charge on any atom is 0.322 e. The van der Waals surface area contributed by atoms with Crippen molar-refractivity contribution in [1.82, 2.24) is 9.80 Å². The van der Waals surface area contributed by atoms with E-state index in [0.29, 0.717) is 12.2 Å². The maximum atomic E-state index is 12.7. The highest BCUT2D eigenvalue weighted by Gasteiger charge is 2.54. The number of carbonyl (C=O) groups is 2. The van der Waals surface area contributed by atoms with Gasteiger partial charge in [0.15, 0.2) is 0 Å². The Morgan fingerprint density at radius 3 is 2.58 bits per heavy atom. The minimum atomic E-state index is -0.285. The van der Waals surface area contributed by atoms with Crippen LogP contribution in [-0.2, 0) is 4.79 Å². The zero-order valence-electron chi connectivity index (χ0n) is 17.6. The van der Waals surface area contributed by atoms with Gasteiger partial charge in [0.05, 0.1) is 18.7 Å². The number of benzene rings is 2. The molecule has 2 aliphatic rings. The third kappa shape index (κ3) is 4.28. The number of aliphatic hydroxyl groups excluding tert-OH is 1. The predicted octanol–water partition coefficient (Wildman–Crippen LogP) is 3.04. The van der Waals surface area contributed by atoms with E-state index in [1.165, 1.54) is 0 Å². The minimum Gasteiger partial charge on any atom is -0.394 e. The molecule has 2 aliphatic heterocycles. The second-order valence-electron chi connectivity index (χ2n) is 7.99. The monoisotopic (exact) mass is 417 g/mol. The molecular weight excluding hydrogens is 390 g/mol. The standard InChI is InChI=1S/C25H27N3O3/c1-2-3-5-8-18-11-13-19(14-12-18)24-21-15-27(16-23(30)28(21)22(24)17-29)25(31)26-20-9-6-4-7-10-20/h4,6-7,9-14,21-22,24,29H,2-3,15-17H2,1H3,(H,26,31)/t21-,22+,24-/m1/s1. The number of para-hydroxylation sites is 1. The zero-order chi connectivity index (χ0) is 21.8. The SMILES string of the molecule is CCCC#Cc1ccc([C@@H]2[C@H]3CN(C(=O)Nc4ccccc4)CC(=O)N3[C@H]2CO)cc1. The van der Waals surface area contributed by atoms with Crippen LogP contribution in [0.5, 0.6) is 0 Å². The van der Waals surface area contributed by atoms with E-state index in [4.69, 9.17) is 0 Å². The van der Waals surface area contributed by atoms with Crippen LogP contribution in [0, 0.1) is 11.8 Å². The van der Waals surface area contributed by atoms with Gasteiger partial charge in [0, 0.05) is 30.1 Å². The number of hydrogen-bond donors (Lipinski definition) is 2. The number of rotatable bonds is 4. The van der Waals surface area contributed by atoms with Crippen molar-refractivity contribution in [2.24, 2.45) is 0 Å². The second-order valence-corrected chi connectivity index (χ2v) is 7.99. The van der Waals surface area contributed by atoms with Crippen molar-refractivity contribution >= 4 is 17.6 Å². The highest BCUT2D eigenvalue weighted by atomic mass is 16.3. The number of piperazine rings is 1. The van der Waals surface area contributed by atoms with Crippen LogP contribution in [0.25, 0.3) is 0 Å². The van der Waals surface area contributed by atoms with Crippen LogP contribution in [-0.4, -0.2) is 58.6 Å². The number of nitrogens with zero attached hydrogens (tertiary/aromatic N) is 2. The van der Waals surface area contributed by atoms with Crippen molar-refractivity contribution < 1.29 is 14.7 Å². The van der Waals surface area contributed by atoms with Gasteiger partial charge in [0.1, 0.15) is 6.54 Å². The Labute approximate surface area is 182 Å². The smallest absolute Gasteiger partial charge is 0.322 e. The lowest BCUT2D eigenvalue weighted by molar-refractivity contribution is -0.159. The molecule has 3 amide bonds. The number of aliphatic hydroxyl groups is 1. The Morgan fingerprint density at radius 2 is 1.90 bits per heavy atom. The van der Waals surface area contributed by atoms with Crippen molar-refractivity contribution in [3.05, 3.63) is 65.7 Å². The van der Waals surface area contributed by atoms with Crippen LogP contribution in [0.15, 0.2) is 54.6 Å². The highest BCUT2D eigenvalue weighted by molar-refractivity contribution is 5.93. The van der Waals surface area contributed by atoms with Gasteiger partial charge >= 0.3 is 6.03 Å². The van der Waals surface area contributed by atoms with Gasteiger partial charge in [-0.1, -0.05) is 49.1 Å². The quantitative estimate of drug-likeness (QED) is 0.751. The van der Waals surface area contributed by atoms with Crippen molar-refractivity contribution in [1.29, 1.82) is 0 Å². The second kappa shape index (κ2) is 9.23. The van der Waals surface area contributed by atoms with E-state index in [9.17, 15) is 14.7 Å². The van der Waals surface area contributed by atoms with E-state index in [-0.39, 0.29) is 43.1 Å². The molecular formula is C25H27N3O3. The first-order valence-corrected chi connectivity index (χ1v) is 10.7. The molecule has 31 heavy (non-hydrogen) atoms. The molecule has 2 aromatic rings. The first-order valence-electron chi connectivity index (χ1n) is 10.7. The number of nitrogens with one attached hydrogen (secondary N) is 1. The maximum absolute atomic E-state index is 12.7. The van der Waals surface area contributed by atoms with Gasteiger partial charge in [-0.25, -0.2) is 4.79 Å². The fraction of sp³-hybridized carbons (Fsp3) is 0.360. The van der Waals surface area contributed by atoms with Crippen LogP contribution in [0.2, 0.25) is 0 Å². The summed E-state index contributed by atoms with van der Waals surface area (Å²) in [4.78, 5) is 28.8. The molecule has 0 bridgehead atoms. The van der Waals surface area contributed by atoms with E-state index in [1.807, 2.05) is 54.6 Å². The topological polar surface area (TPSA) is 72.9 Å². The van der Waals surface area contributed by atoms with E-state index in [1.54, 1.807) is 9.80 Å². The fourth-order valence-corrected chi connectivity index (χ4v) is 4.46. The molecule has 0 unspecified atom stereocenters. The van der Waals surface area contributed by atoms with Crippen LogP contribution in [0.4, 0.5) is 10.5 Å². The Kier molecular flexibility index (Phi) is 6.24. The molecule has 0 spiro atoms. The summed E-state index contributed by atoms with van der Waals surface area (Å²) in [6.07, 6.45) is 1.90. The molecule has 4 rings (SSSR count). The lowest BCUT2D eigenvalue weighted by atomic mass is 9.73. The normalized spacial score (nSPS) is 22.1. The third-order valence-corrected chi connectivity index (χ3v) is 5.97. The minimum absolute atomic E-state index is 0.0149. The highest BCUT2D eigenvalue weighted by Crippen LogP contribution is 2.42. The number of hydrogen-bond acceptors (Lipinski definition) is 3. The molecule has 0 saturated carbocycles. The van der Waals surface area contributed by atoms with Crippen LogP contribution in [0.3, 0.4) is 0 Å². The zero-order valence-corrected chi connectivity index (χ0v) is 17.6. The number of amides is 3. The van der Waals surface area contributed by atoms with E-state index in [2.05, 4.69) is 24.1 Å². The van der Waals surface area contributed by atoms with Crippen molar-refractivity contribution in [3.63, 3.8) is 0 Å². The number of urea groups is 1. The number of fused-ring (bicyclic) bond motifs is 1. The number of anilines is 1. The Balaban J connectivity index is 1.49. The lowest BCUT2D eigenvalue weighted by Crippen LogP contribution is -2.73. The predicted molar refractivity (Wildman–Crippen MR) is 120 cm³/mol. The Hall–Kier alpha value is -3.30. The van der Waals surface area contributed by atoms with Gasteiger partial charge in [-0.05, 0) is 36.2 Å². The average molecular weight is 418 g/mol. The summed E-state index contributed by atoms with van der Waals surface area (Å²) < 4.78 is 0. The van der Waals surface area contributed by atoms with Crippen LogP contribution in [0.1, 0.15) is 36.8 Å². The molecule has 160 valence electrons. The molecule has 2 N–H and O–H groups in total. The summed E-state index contributed by atoms with van der Waals surface area (Å²) in [6, 6.07) is 16.5. The van der Waals surface area contributed by atoms with Gasteiger partial charge in [-0.3, -0.25) is 4.79 Å². The molecule has 2 saturated heterocycles. The van der Waals surface area contributed by atoms with Gasteiger partial charge in [0.25, 0.3) is 0 Å². The van der Waals surface area contributed by atoms with Gasteiger partial charge in [-0.2, -0.15) is 0 Å². The molecule has 3 atom stereocenters. The molecule has 0 radical (unpaired) electrons. The first-order chi connectivity index (χ1) is 15.1. The van der Waals surface area contributed by atoms with E-state index < -0.39 is 0 Å². The summed E-state index contributed by atoms with van der Waals surface area (Å²) in [7, 11) is 0. The molecule has 2 aromatic carbocycles. The molecule has 6 nitrogen and oxygen atoms in total. The number of carbonyl (C=O) groups excluding carboxylic acids is 2. The summed E-state index contributed by atoms with van der Waals surface area (Å²) >= 11 is 0. The van der Waals surface area contributed by atoms with Gasteiger partial charge < -0.3 is 20.2 Å². The summed E-state index contributed by atoms with van der Waals surface area (Å²) in [5, 5.41) is 12.8. The van der Waals surface area contributed by atoms with E-state index in [0.717, 1.165) is 24.0 Å². The molecule has 0 aromatic heterocycles. The molecule has 2 heterocycles. The molecule has 0 aliphatic carbocycles. The Morgan fingerprint density at radius 1 is 1.16 bits per heavy atom. The molecule has 6 heteroatoms. The van der Waals surface area contributed by atoms with Crippen molar-refractivity contribution in [3.8, 4) is 11.8 Å².